The zero-order valence-corrected chi connectivity index (χ0v) is 21.3. The third-order valence-corrected chi connectivity index (χ3v) is 5.66. The van der Waals surface area contributed by atoms with Crippen molar-refractivity contribution in [3.8, 4) is 18.1 Å². The van der Waals surface area contributed by atoms with Crippen LogP contribution in [-0.4, -0.2) is 67.4 Å². The van der Waals surface area contributed by atoms with Crippen LogP contribution in [0.3, 0.4) is 0 Å². The van der Waals surface area contributed by atoms with E-state index in [4.69, 9.17) is 26.5 Å². The van der Waals surface area contributed by atoms with E-state index in [1.807, 2.05) is 32.9 Å². The number of rotatable bonds is 12. The summed E-state index contributed by atoms with van der Waals surface area (Å²) in [5.74, 6) is 3.27. The number of benzene rings is 1. The summed E-state index contributed by atoms with van der Waals surface area (Å²) in [7, 11) is 1.60. The number of unbranched alkanes of at least 4 members (excludes halogenated alkanes) is 2. The monoisotopic (exact) mass is 474 g/mol. The van der Waals surface area contributed by atoms with E-state index in [-0.39, 0.29) is 12.2 Å². The van der Waals surface area contributed by atoms with Crippen LogP contribution >= 0.6 is 0 Å². The van der Waals surface area contributed by atoms with Gasteiger partial charge < -0.3 is 25.0 Å². The highest BCUT2D eigenvalue weighted by Gasteiger charge is 2.22. The van der Waals surface area contributed by atoms with E-state index in [0.717, 1.165) is 57.4 Å². The first-order chi connectivity index (χ1) is 16.2. The maximum atomic E-state index is 12.5. The second-order valence-corrected chi connectivity index (χ2v) is 9.70. The summed E-state index contributed by atoms with van der Waals surface area (Å²) in [5, 5.41) is 0. The Morgan fingerprint density at radius 2 is 1.94 bits per heavy atom. The summed E-state index contributed by atoms with van der Waals surface area (Å²) in [6.07, 6.45) is 10.6. The molecule has 8 nitrogen and oxygen atoms in total. The molecule has 0 aromatic heterocycles. The molecule has 1 aromatic carbocycles. The number of terminal acetylenes is 1. The number of hydrogen-bond donors (Lipinski definition) is 2. The molecule has 3 N–H and O–H groups in total. The Labute approximate surface area is 205 Å². The molecular weight excluding hydrogens is 432 g/mol. The molecule has 0 atom stereocenters. The Balaban J connectivity index is 1.66. The van der Waals surface area contributed by atoms with Gasteiger partial charge in [0.1, 0.15) is 11.4 Å². The van der Waals surface area contributed by atoms with Crippen molar-refractivity contribution in [2.45, 2.75) is 71.0 Å². The fraction of sp³-hybridized carbons (Fsp3) is 0.654. The van der Waals surface area contributed by atoms with E-state index < -0.39 is 5.60 Å². The van der Waals surface area contributed by atoms with Crippen LogP contribution in [0, 0.1) is 12.3 Å². The number of piperidine rings is 1. The van der Waals surface area contributed by atoms with Gasteiger partial charge in [0.25, 0.3) is 0 Å². The summed E-state index contributed by atoms with van der Waals surface area (Å²) in [4.78, 5) is 22.6. The molecule has 1 aliphatic rings. The van der Waals surface area contributed by atoms with Crippen molar-refractivity contribution in [3.05, 3.63) is 18.2 Å². The van der Waals surface area contributed by atoms with Gasteiger partial charge in [0.05, 0.1) is 24.6 Å². The summed E-state index contributed by atoms with van der Waals surface area (Å²) in [6, 6.07) is 5.50. The first kappa shape index (κ1) is 27.6. The van der Waals surface area contributed by atoms with E-state index in [1.54, 1.807) is 18.1 Å². The number of nitrogens with zero attached hydrogens (tertiary/aromatic N) is 2. The van der Waals surface area contributed by atoms with Crippen LogP contribution in [0.15, 0.2) is 18.2 Å². The van der Waals surface area contributed by atoms with Gasteiger partial charge in [-0.15, -0.1) is 12.3 Å². The molecule has 0 unspecified atom stereocenters. The van der Waals surface area contributed by atoms with Crippen molar-refractivity contribution in [1.29, 1.82) is 0 Å². The van der Waals surface area contributed by atoms with Crippen LogP contribution in [0.25, 0.3) is 0 Å². The van der Waals surface area contributed by atoms with Crippen LogP contribution in [0.2, 0.25) is 0 Å². The number of carbonyl (C=O) groups excluding carboxylic acids is 1. The average molecular weight is 475 g/mol. The molecule has 190 valence electrons. The number of nitrogen functional groups attached to an aromatic ring is 1. The minimum atomic E-state index is -0.497. The van der Waals surface area contributed by atoms with Gasteiger partial charge in [-0.1, -0.05) is 0 Å². The number of anilines is 2. The van der Waals surface area contributed by atoms with Crippen molar-refractivity contribution in [2.24, 2.45) is 0 Å². The number of nitrogens with one attached hydrogen (secondary N) is 1. The summed E-state index contributed by atoms with van der Waals surface area (Å²) < 4.78 is 10.8. The van der Waals surface area contributed by atoms with Crippen molar-refractivity contribution in [1.82, 2.24) is 9.80 Å². The quantitative estimate of drug-likeness (QED) is 0.199. The largest absolute Gasteiger partial charge is 0.495 e. The zero-order chi connectivity index (χ0) is 25.0. The number of carbonyl (C=O) groups is 1. The molecule has 1 amide bonds. The number of ether oxygens (including phenoxy) is 2. The third kappa shape index (κ3) is 10.1. The van der Waals surface area contributed by atoms with Gasteiger partial charge in [0, 0.05) is 38.7 Å². The predicted octanol–water partition coefficient (Wildman–Crippen LogP) is 4.52. The van der Waals surface area contributed by atoms with Crippen molar-refractivity contribution in [2.75, 3.05) is 51.0 Å². The first-order valence-corrected chi connectivity index (χ1v) is 12.2. The minimum Gasteiger partial charge on any atom is -0.495 e. The molecule has 0 radical (unpaired) electrons. The van der Waals surface area contributed by atoms with E-state index >= 15 is 0 Å². The lowest BCUT2D eigenvalue weighted by atomic mass is 10.1. The molecule has 0 saturated carbocycles. The van der Waals surface area contributed by atoms with Crippen LogP contribution in [-0.2, 0) is 9.57 Å². The standard InChI is InChI=1S/C26H42N4O4/c1-6-7-8-16-30(25(31)33-26(2,3)4)17-10-9-15-29-18-13-22(14-19-29)34-28-21-11-12-23(27)24(20-21)32-5/h1,11-12,20,22,28H,7-10,13-19,27H2,2-5H3. The topological polar surface area (TPSA) is 89.3 Å². The highest BCUT2D eigenvalue weighted by atomic mass is 16.7. The fourth-order valence-corrected chi connectivity index (χ4v) is 3.81. The molecule has 0 aliphatic carbocycles. The maximum absolute atomic E-state index is 12.5. The Bertz CT molecular complexity index is 795. The molecule has 34 heavy (non-hydrogen) atoms. The van der Waals surface area contributed by atoms with Crippen LogP contribution in [0.1, 0.15) is 59.3 Å². The summed E-state index contributed by atoms with van der Waals surface area (Å²) in [5.41, 5.74) is 9.81. The Hall–Kier alpha value is -2.63. The summed E-state index contributed by atoms with van der Waals surface area (Å²) >= 11 is 0. The Kier molecular flexibility index (Phi) is 11.3. The van der Waals surface area contributed by atoms with Gasteiger partial charge in [-0.25, -0.2) is 4.79 Å². The molecule has 1 fully saturated rings. The summed E-state index contributed by atoms with van der Waals surface area (Å²) in [6.45, 7) is 10.00. The smallest absolute Gasteiger partial charge is 0.410 e. The second-order valence-electron chi connectivity index (χ2n) is 9.70. The lowest BCUT2D eigenvalue weighted by Gasteiger charge is -2.32. The lowest BCUT2D eigenvalue weighted by Crippen LogP contribution is -2.39. The van der Waals surface area contributed by atoms with Crippen molar-refractivity contribution < 1.29 is 19.1 Å². The number of methoxy groups -OCH3 is 1. The van der Waals surface area contributed by atoms with E-state index in [9.17, 15) is 4.79 Å². The van der Waals surface area contributed by atoms with Crippen molar-refractivity contribution in [3.63, 3.8) is 0 Å². The molecular formula is C26H42N4O4. The van der Waals surface area contributed by atoms with Crippen molar-refractivity contribution >= 4 is 17.5 Å². The molecule has 1 saturated heterocycles. The molecule has 1 heterocycles. The van der Waals surface area contributed by atoms with Gasteiger partial charge in [0.15, 0.2) is 0 Å². The van der Waals surface area contributed by atoms with E-state index in [0.29, 0.717) is 30.9 Å². The van der Waals surface area contributed by atoms with E-state index in [2.05, 4.69) is 16.3 Å². The molecule has 0 bridgehead atoms. The zero-order valence-electron chi connectivity index (χ0n) is 21.3. The Morgan fingerprint density at radius 3 is 2.59 bits per heavy atom. The number of hydrogen-bond acceptors (Lipinski definition) is 7. The van der Waals surface area contributed by atoms with Gasteiger partial charge in [0.2, 0.25) is 0 Å². The van der Waals surface area contributed by atoms with Gasteiger partial charge in [-0.05, 0) is 71.6 Å². The highest BCUT2D eigenvalue weighted by Crippen LogP contribution is 2.25. The second kappa shape index (κ2) is 13.9. The molecule has 1 aromatic rings. The van der Waals surface area contributed by atoms with Crippen LogP contribution in [0.4, 0.5) is 16.2 Å². The SMILES string of the molecule is C#CCCCN(CCCCN1CCC(ONc2ccc(N)c(OC)c2)CC1)C(=O)OC(C)(C)C. The molecule has 2 rings (SSSR count). The molecule has 0 spiro atoms. The average Bonchev–Trinajstić information content (AvgIpc) is 2.79. The normalized spacial score (nSPS) is 14.9. The highest BCUT2D eigenvalue weighted by molar-refractivity contribution is 5.68. The van der Waals surface area contributed by atoms with Gasteiger partial charge in [-0.2, -0.15) is 0 Å². The minimum absolute atomic E-state index is 0.165. The van der Waals surface area contributed by atoms with Gasteiger partial charge in [-0.3, -0.25) is 10.3 Å². The lowest BCUT2D eigenvalue weighted by molar-refractivity contribution is 0.0237. The van der Waals surface area contributed by atoms with Crippen LogP contribution < -0.4 is 16.0 Å². The molecule has 8 heteroatoms. The fourth-order valence-electron chi connectivity index (χ4n) is 3.81. The molecule has 1 aliphatic heterocycles. The maximum Gasteiger partial charge on any atom is 0.410 e. The number of amides is 1. The predicted molar refractivity (Wildman–Crippen MR) is 137 cm³/mol. The number of likely N-dealkylation sites (tertiary alicyclic amines) is 1. The van der Waals surface area contributed by atoms with E-state index in [1.165, 1.54) is 0 Å². The third-order valence-electron chi connectivity index (χ3n) is 5.66. The van der Waals surface area contributed by atoms with Gasteiger partial charge >= 0.3 is 6.09 Å². The number of nitrogens with two attached hydrogens (primary N) is 1. The van der Waals surface area contributed by atoms with Crippen LogP contribution in [0.5, 0.6) is 5.75 Å². The first-order valence-electron chi connectivity index (χ1n) is 12.2. The Morgan fingerprint density at radius 1 is 1.24 bits per heavy atom.